The van der Waals surface area contributed by atoms with Gasteiger partial charge < -0.3 is 21.3 Å². The summed E-state index contributed by atoms with van der Waals surface area (Å²) in [4.78, 5) is 35.3. The van der Waals surface area contributed by atoms with Gasteiger partial charge in [-0.1, -0.05) is 24.3 Å². The molecule has 0 radical (unpaired) electrons. The van der Waals surface area contributed by atoms with Crippen LogP contribution in [0.15, 0.2) is 94.9 Å². The summed E-state index contributed by atoms with van der Waals surface area (Å²) in [5.41, 5.74) is 4.34. The molecule has 0 spiro atoms. The highest BCUT2D eigenvalue weighted by molar-refractivity contribution is 6.18. The summed E-state index contributed by atoms with van der Waals surface area (Å²) in [5, 5.41) is 13.8. The van der Waals surface area contributed by atoms with Crippen LogP contribution in [-0.2, 0) is 0 Å². The van der Waals surface area contributed by atoms with Crippen molar-refractivity contribution in [1.82, 2.24) is 10.6 Å². The number of nitrogens with zero attached hydrogens (tertiary/aromatic N) is 2. The van der Waals surface area contributed by atoms with Crippen molar-refractivity contribution in [3.63, 3.8) is 0 Å². The number of fused-ring (bicyclic) bond motifs is 1. The summed E-state index contributed by atoms with van der Waals surface area (Å²) in [5.74, 6) is 1.27. The zero-order valence-corrected chi connectivity index (χ0v) is 21.8. The standard InChI is InChI=1S/C30H26N6O2.ClH/c37-29(35-21-11-7-19(8-12-21)27-31-15-16-32-27)25-5-1-3-23-24(25)4-2-6-26(23)30(38)36-22-13-9-20(10-14-22)28-33-17-18-34-28;/h1-14H,15-18H2,(H,31,32)(H,33,34)(H,35,37)(H,36,38);1H. The second-order valence-corrected chi connectivity index (χ2v) is 9.08. The average molecular weight is 539 g/mol. The second kappa shape index (κ2) is 11.4. The number of rotatable bonds is 6. The Labute approximate surface area is 232 Å². The van der Waals surface area contributed by atoms with E-state index in [9.17, 15) is 9.59 Å². The third-order valence-corrected chi connectivity index (χ3v) is 6.59. The number of hydrogen-bond acceptors (Lipinski definition) is 6. The zero-order valence-electron chi connectivity index (χ0n) is 21.0. The van der Waals surface area contributed by atoms with Crippen LogP contribution in [-0.4, -0.2) is 49.7 Å². The first kappa shape index (κ1) is 25.9. The predicted molar refractivity (Wildman–Crippen MR) is 159 cm³/mol. The summed E-state index contributed by atoms with van der Waals surface area (Å²) in [6.07, 6.45) is 0. The monoisotopic (exact) mass is 538 g/mol. The van der Waals surface area contributed by atoms with Gasteiger partial charge in [-0.25, -0.2) is 0 Å². The van der Waals surface area contributed by atoms with Gasteiger partial charge >= 0.3 is 0 Å². The van der Waals surface area contributed by atoms with E-state index in [2.05, 4.69) is 31.3 Å². The molecule has 2 amide bonds. The fourth-order valence-electron chi connectivity index (χ4n) is 4.71. The molecule has 39 heavy (non-hydrogen) atoms. The molecule has 196 valence electrons. The molecule has 2 aliphatic rings. The summed E-state index contributed by atoms with van der Waals surface area (Å²) >= 11 is 0. The van der Waals surface area contributed by atoms with E-state index in [0.29, 0.717) is 33.3 Å². The van der Waals surface area contributed by atoms with E-state index in [1.54, 1.807) is 24.3 Å². The highest BCUT2D eigenvalue weighted by Gasteiger charge is 2.16. The molecule has 0 saturated heterocycles. The van der Waals surface area contributed by atoms with Gasteiger partial charge in [-0.15, -0.1) is 12.4 Å². The smallest absolute Gasteiger partial charge is 0.256 e. The molecule has 4 N–H and O–H groups in total. The van der Waals surface area contributed by atoms with Gasteiger partial charge in [-0.2, -0.15) is 0 Å². The lowest BCUT2D eigenvalue weighted by atomic mass is 9.99. The average Bonchev–Trinajstić information content (AvgIpc) is 3.68. The Morgan fingerprint density at radius 1 is 0.590 bits per heavy atom. The highest BCUT2D eigenvalue weighted by Crippen LogP contribution is 2.25. The molecule has 0 atom stereocenters. The topological polar surface area (TPSA) is 107 Å². The molecular formula is C30H27ClN6O2. The SMILES string of the molecule is Cl.O=C(Nc1ccc(C2=NCCN2)cc1)c1cccc2c(C(=O)Nc3ccc(C4=NCCN4)cc3)cccc12. The number of anilines is 2. The highest BCUT2D eigenvalue weighted by atomic mass is 35.5. The minimum Gasteiger partial charge on any atom is -0.368 e. The van der Waals surface area contributed by atoms with Crippen LogP contribution in [0.3, 0.4) is 0 Å². The van der Waals surface area contributed by atoms with Gasteiger partial charge in [0.1, 0.15) is 11.7 Å². The molecule has 4 aromatic carbocycles. The first-order chi connectivity index (χ1) is 18.7. The summed E-state index contributed by atoms with van der Waals surface area (Å²) < 4.78 is 0. The summed E-state index contributed by atoms with van der Waals surface area (Å²) in [6.45, 7) is 3.23. The molecule has 0 aromatic heterocycles. The molecule has 4 aromatic rings. The number of aliphatic imine (C=N–C) groups is 2. The van der Waals surface area contributed by atoms with E-state index in [1.165, 1.54) is 0 Å². The molecule has 0 saturated carbocycles. The first-order valence-corrected chi connectivity index (χ1v) is 12.6. The van der Waals surface area contributed by atoms with Crippen molar-refractivity contribution in [2.45, 2.75) is 0 Å². The third-order valence-electron chi connectivity index (χ3n) is 6.59. The zero-order chi connectivity index (χ0) is 25.9. The summed E-state index contributed by atoms with van der Waals surface area (Å²) in [6, 6.07) is 26.0. The Morgan fingerprint density at radius 3 is 1.36 bits per heavy atom. The number of carbonyl (C=O) groups excluding carboxylic acids is 2. The van der Waals surface area contributed by atoms with Crippen LogP contribution in [0, 0.1) is 0 Å². The van der Waals surface area contributed by atoms with Crippen LogP contribution < -0.4 is 21.3 Å². The van der Waals surface area contributed by atoms with Crippen LogP contribution in [0.1, 0.15) is 31.8 Å². The van der Waals surface area contributed by atoms with Crippen molar-refractivity contribution in [3.05, 3.63) is 107 Å². The molecule has 0 fully saturated rings. The third kappa shape index (κ3) is 5.46. The molecule has 2 aliphatic heterocycles. The van der Waals surface area contributed by atoms with Crippen molar-refractivity contribution in [1.29, 1.82) is 0 Å². The van der Waals surface area contributed by atoms with E-state index in [-0.39, 0.29) is 24.2 Å². The minimum atomic E-state index is -0.240. The lowest BCUT2D eigenvalue weighted by Gasteiger charge is -2.12. The molecule has 0 bridgehead atoms. The largest absolute Gasteiger partial charge is 0.368 e. The van der Waals surface area contributed by atoms with Gasteiger partial charge in [-0.05, 0) is 71.4 Å². The first-order valence-electron chi connectivity index (χ1n) is 12.6. The van der Waals surface area contributed by atoms with Gasteiger partial charge in [-0.3, -0.25) is 19.6 Å². The Bertz CT molecular complexity index is 1480. The molecule has 9 heteroatoms. The molecule has 2 heterocycles. The lowest BCUT2D eigenvalue weighted by molar-refractivity contribution is 0.101. The quantitative estimate of drug-likeness (QED) is 0.290. The number of halogens is 1. The number of carbonyl (C=O) groups is 2. The van der Waals surface area contributed by atoms with E-state index in [1.807, 2.05) is 60.7 Å². The van der Waals surface area contributed by atoms with E-state index in [4.69, 9.17) is 0 Å². The van der Waals surface area contributed by atoms with Crippen LogP contribution in [0.2, 0.25) is 0 Å². The van der Waals surface area contributed by atoms with Crippen molar-refractivity contribution in [3.8, 4) is 0 Å². The van der Waals surface area contributed by atoms with E-state index in [0.717, 1.165) is 49.0 Å². The minimum absolute atomic E-state index is 0. The van der Waals surface area contributed by atoms with Crippen molar-refractivity contribution >= 4 is 58.0 Å². The van der Waals surface area contributed by atoms with Gasteiger partial charge in [0.25, 0.3) is 11.8 Å². The number of benzene rings is 4. The van der Waals surface area contributed by atoms with E-state index < -0.39 is 0 Å². The molecule has 0 unspecified atom stereocenters. The molecular weight excluding hydrogens is 512 g/mol. The Kier molecular flexibility index (Phi) is 7.56. The maximum absolute atomic E-state index is 13.2. The summed E-state index contributed by atoms with van der Waals surface area (Å²) in [7, 11) is 0. The second-order valence-electron chi connectivity index (χ2n) is 9.08. The number of nitrogens with one attached hydrogen (secondary N) is 4. The Hall–Kier alpha value is -4.69. The Balaban J connectivity index is 0.00000308. The van der Waals surface area contributed by atoms with Crippen molar-refractivity contribution in [2.75, 3.05) is 36.8 Å². The lowest BCUT2D eigenvalue weighted by Crippen LogP contribution is -2.19. The van der Waals surface area contributed by atoms with Crippen LogP contribution in [0.25, 0.3) is 10.8 Å². The maximum Gasteiger partial charge on any atom is 0.256 e. The number of hydrogen-bond donors (Lipinski definition) is 4. The van der Waals surface area contributed by atoms with Crippen molar-refractivity contribution in [2.24, 2.45) is 9.98 Å². The van der Waals surface area contributed by atoms with Gasteiger partial charge in [0.2, 0.25) is 0 Å². The normalized spacial score (nSPS) is 13.9. The van der Waals surface area contributed by atoms with Crippen molar-refractivity contribution < 1.29 is 9.59 Å². The molecule has 6 rings (SSSR count). The number of amidine groups is 2. The van der Waals surface area contributed by atoms with Gasteiger partial charge in [0.05, 0.1) is 13.1 Å². The Morgan fingerprint density at radius 2 is 1.00 bits per heavy atom. The van der Waals surface area contributed by atoms with Crippen LogP contribution in [0.4, 0.5) is 11.4 Å². The number of amides is 2. The fourth-order valence-corrected chi connectivity index (χ4v) is 4.71. The van der Waals surface area contributed by atoms with Gasteiger partial charge in [0.15, 0.2) is 0 Å². The fraction of sp³-hybridized carbons (Fsp3) is 0.133. The molecule has 0 aliphatic carbocycles. The molecule has 8 nitrogen and oxygen atoms in total. The maximum atomic E-state index is 13.2. The van der Waals surface area contributed by atoms with Gasteiger partial charge in [0, 0.05) is 46.7 Å². The van der Waals surface area contributed by atoms with Crippen LogP contribution in [0.5, 0.6) is 0 Å². The van der Waals surface area contributed by atoms with E-state index >= 15 is 0 Å². The predicted octanol–water partition coefficient (Wildman–Crippen LogP) is 4.47. The van der Waals surface area contributed by atoms with Crippen LogP contribution >= 0.6 is 12.4 Å².